The molecule has 0 radical (unpaired) electrons. The molecule has 0 bridgehead atoms. The van der Waals surface area contributed by atoms with Crippen molar-refractivity contribution in [1.82, 2.24) is 24.5 Å². The highest BCUT2D eigenvalue weighted by molar-refractivity contribution is 6.04. The average molecular weight is 576 g/mol. The third-order valence-corrected chi connectivity index (χ3v) is 6.43. The minimum absolute atomic E-state index is 0.184. The predicted octanol–water partition coefficient (Wildman–Crippen LogP) is 5.46. The number of methoxy groups -OCH3 is 1. The van der Waals surface area contributed by atoms with Crippen LogP contribution in [0.1, 0.15) is 34.2 Å². The van der Waals surface area contributed by atoms with E-state index in [1.807, 2.05) is 19.9 Å². The van der Waals surface area contributed by atoms with Crippen molar-refractivity contribution < 1.29 is 22.7 Å². The quantitative estimate of drug-likeness (QED) is 0.262. The van der Waals surface area contributed by atoms with E-state index in [1.165, 1.54) is 29.9 Å². The number of ether oxygens (including phenoxy) is 1. The second-order valence-electron chi connectivity index (χ2n) is 9.17. The Kier molecular flexibility index (Phi) is 7.57. The number of hydrogen-bond donors (Lipinski definition) is 2. The first-order valence-corrected chi connectivity index (χ1v) is 12.7. The molecule has 0 unspecified atom stereocenters. The van der Waals surface area contributed by atoms with Gasteiger partial charge in [0.1, 0.15) is 5.75 Å². The van der Waals surface area contributed by atoms with E-state index in [2.05, 4.69) is 30.6 Å². The maximum Gasteiger partial charge on any atom is 0.416 e. The molecule has 0 saturated carbocycles. The lowest BCUT2D eigenvalue weighted by Crippen LogP contribution is -2.25. The number of carbonyl (C=O) groups is 1. The summed E-state index contributed by atoms with van der Waals surface area (Å²) in [6, 6.07) is 12.2. The lowest BCUT2D eigenvalue weighted by Gasteiger charge is -2.16. The smallest absolute Gasteiger partial charge is 0.416 e. The minimum atomic E-state index is -4.60. The van der Waals surface area contributed by atoms with E-state index in [0.717, 1.165) is 23.9 Å². The Hall–Kier alpha value is -5.33. The van der Waals surface area contributed by atoms with Crippen molar-refractivity contribution in [3.05, 3.63) is 100.0 Å². The van der Waals surface area contributed by atoms with Crippen molar-refractivity contribution in [2.24, 2.45) is 0 Å². The molecule has 0 spiro atoms. The molecular formula is C29H24F3N7O3. The van der Waals surface area contributed by atoms with Crippen LogP contribution in [0.2, 0.25) is 0 Å². The summed E-state index contributed by atoms with van der Waals surface area (Å²) in [4.78, 5) is 43.4. The third kappa shape index (κ3) is 5.75. The van der Waals surface area contributed by atoms with Crippen molar-refractivity contribution >= 4 is 34.3 Å². The first-order valence-electron chi connectivity index (χ1n) is 12.7. The second kappa shape index (κ2) is 11.3. The van der Waals surface area contributed by atoms with E-state index in [4.69, 9.17) is 4.74 Å². The highest BCUT2D eigenvalue weighted by atomic mass is 19.4. The van der Waals surface area contributed by atoms with Crippen molar-refractivity contribution in [3.8, 4) is 11.4 Å². The van der Waals surface area contributed by atoms with Crippen LogP contribution in [-0.2, 0) is 12.6 Å². The van der Waals surface area contributed by atoms with Gasteiger partial charge in [0.25, 0.3) is 5.91 Å². The van der Waals surface area contributed by atoms with Gasteiger partial charge in [-0.2, -0.15) is 23.1 Å². The highest BCUT2D eigenvalue weighted by Crippen LogP contribution is 2.30. The topological polar surface area (TPSA) is 124 Å². The lowest BCUT2D eigenvalue weighted by atomic mass is 10.1. The van der Waals surface area contributed by atoms with Crippen LogP contribution in [0, 0.1) is 6.92 Å². The van der Waals surface area contributed by atoms with Gasteiger partial charge in [0.2, 0.25) is 5.95 Å². The first-order chi connectivity index (χ1) is 20.1. The van der Waals surface area contributed by atoms with E-state index < -0.39 is 23.3 Å². The molecule has 5 aromatic rings. The van der Waals surface area contributed by atoms with E-state index in [1.54, 1.807) is 24.5 Å². The second-order valence-corrected chi connectivity index (χ2v) is 9.17. The monoisotopic (exact) mass is 575 g/mol. The summed E-state index contributed by atoms with van der Waals surface area (Å²) in [5.74, 6) is -0.230. The van der Waals surface area contributed by atoms with Crippen LogP contribution in [0.4, 0.5) is 30.5 Å². The van der Waals surface area contributed by atoms with E-state index in [-0.39, 0.29) is 22.8 Å². The summed E-state index contributed by atoms with van der Waals surface area (Å²) < 4.78 is 46.2. The van der Waals surface area contributed by atoms with Gasteiger partial charge in [-0.05, 0) is 49.7 Å². The van der Waals surface area contributed by atoms with Crippen LogP contribution < -0.4 is 21.1 Å². The van der Waals surface area contributed by atoms with Gasteiger partial charge in [0.15, 0.2) is 5.65 Å². The Morgan fingerprint density at radius 1 is 1.05 bits per heavy atom. The summed E-state index contributed by atoms with van der Waals surface area (Å²) in [5, 5.41) is 6.20. The SMILES string of the molecule is CCc1c2cnc(Nc3cccnc3C)nc2nc(=O)n1-c1cc(NC(=O)c2cccc(C(F)(F)F)c2)cc(OC)c1. The average Bonchev–Trinajstić information content (AvgIpc) is 2.97. The van der Waals surface area contributed by atoms with Crippen molar-refractivity contribution in [2.45, 2.75) is 26.4 Å². The number of nitrogens with one attached hydrogen (secondary N) is 2. The molecular weight excluding hydrogens is 551 g/mol. The zero-order valence-electron chi connectivity index (χ0n) is 22.7. The number of nitrogens with zero attached hydrogens (tertiary/aromatic N) is 5. The standard InChI is InChI=1S/C29H24F3N7O3/c1-4-24-22-15-34-27(36-23-9-6-10-33-16(23)2)37-25(22)38-28(41)39(24)20-12-19(13-21(14-20)42-3)35-26(40)17-7-5-8-18(11-17)29(30,31)32/h5-15H,4H2,1-3H3,(H,35,40)(H,36,37,38,41). The molecule has 0 aliphatic rings. The first kappa shape index (κ1) is 28.2. The zero-order chi connectivity index (χ0) is 30.0. The summed E-state index contributed by atoms with van der Waals surface area (Å²) in [6.07, 6.45) is -0.970. The van der Waals surface area contributed by atoms with Gasteiger partial charge in [-0.15, -0.1) is 0 Å². The number of halogens is 3. The number of aryl methyl sites for hydroxylation is 2. The molecule has 0 fully saturated rings. The number of rotatable bonds is 7. The number of pyridine rings is 1. The summed E-state index contributed by atoms with van der Waals surface area (Å²) in [6.45, 7) is 3.69. The third-order valence-electron chi connectivity index (χ3n) is 6.43. The van der Waals surface area contributed by atoms with Crippen molar-refractivity contribution in [3.63, 3.8) is 0 Å². The number of aromatic nitrogens is 5. The molecule has 214 valence electrons. The van der Waals surface area contributed by atoms with Crippen LogP contribution in [0.5, 0.6) is 5.75 Å². The van der Waals surface area contributed by atoms with E-state index in [9.17, 15) is 22.8 Å². The molecule has 5 rings (SSSR count). The normalized spacial score (nSPS) is 11.4. The number of carbonyl (C=O) groups excluding carboxylic acids is 1. The van der Waals surface area contributed by atoms with Gasteiger partial charge in [-0.1, -0.05) is 13.0 Å². The minimum Gasteiger partial charge on any atom is -0.497 e. The lowest BCUT2D eigenvalue weighted by molar-refractivity contribution is -0.137. The Morgan fingerprint density at radius 2 is 1.86 bits per heavy atom. The number of amides is 1. The van der Waals surface area contributed by atoms with Crippen LogP contribution in [0.3, 0.4) is 0 Å². The molecule has 1 amide bonds. The molecule has 0 saturated heterocycles. The summed E-state index contributed by atoms with van der Waals surface area (Å²) >= 11 is 0. The molecule has 3 aromatic heterocycles. The Labute approximate surface area is 237 Å². The van der Waals surface area contributed by atoms with E-state index in [0.29, 0.717) is 34.6 Å². The Balaban J connectivity index is 1.53. The van der Waals surface area contributed by atoms with Gasteiger partial charge < -0.3 is 15.4 Å². The van der Waals surface area contributed by atoms with Crippen molar-refractivity contribution in [1.29, 1.82) is 0 Å². The van der Waals surface area contributed by atoms with Crippen LogP contribution in [-0.4, -0.2) is 37.5 Å². The molecule has 2 aromatic carbocycles. The Morgan fingerprint density at radius 3 is 2.57 bits per heavy atom. The molecule has 2 N–H and O–H groups in total. The van der Waals surface area contributed by atoms with E-state index >= 15 is 0 Å². The zero-order valence-corrected chi connectivity index (χ0v) is 22.7. The van der Waals surface area contributed by atoms with Gasteiger partial charge >= 0.3 is 11.9 Å². The molecule has 13 heteroatoms. The molecule has 0 atom stereocenters. The number of anilines is 3. The van der Waals surface area contributed by atoms with Gasteiger partial charge in [-0.25, -0.2) is 9.78 Å². The molecule has 10 nitrogen and oxygen atoms in total. The molecule has 3 heterocycles. The molecule has 42 heavy (non-hydrogen) atoms. The van der Waals surface area contributed by atoms with Crippen LogP contribution >= 0.6 is 0 Å². The Bertz CT molecular complexity index is 1870. The van der Waals surface area contributed by atoms with Gasteiger partial charge in [-0.3, -0.25) is 14.3 Å². The maximum absolute atomic E-state index is 13.3. The summed E-state index contributed by atoms with van der Waals surface area (Å²) in [7, 11) is 1.41. The van der Waals surface area contributed by atoms with Gasteiger partial charge in [0.05, 0.1) is 35.1 Å². The van der Waals surface area contributed by atoms with Crippen molar-refractivity contribution in [2.75, 3.05) is 17.7 Å². The maximum atomic E-state index is 13.3. The fourth-order valence-corrected chi connectivity index (χ4v) is 4.39. The van der Waals surface area contributed by atoms with Crippen LogP contribution in [0.15, 0.2) is 71.8 Å². The highest BCUT2D eigenvalue weighted by Gasteiger charge is 2.31. The predicted molar refractivity (Wildman–Crippen MR) is 151 cm³/mol. The number of hydrogen-bond acceptors (Lipinski definition) is 8. The van der Waals surface area contributed by atoms with Crippen LogP contribution in [0.25, 0.3) is 16.7 Å². The summed E-state index contributed by atoms with van der Waals surface area (Å²) in [5.41, 5.74) is 0.942. The number of benzene rings is 2. The largest absolute Gasteiger partial charge is 0.497 e. The fourth-order valence-electron chi connectivity index (χ4n) is 4.39. The van der Waals surface area contributed by atoms with Gasteiger partial charge in [0, 0.05) is 41.5 Å². The number of fused-ring (bicyclic) bond motifs is 1. The molecule has 0 aliphatic carbocycles. The number of alkyl halides is 3. The molecule has 0 aliphatic heterocycles. The fraction of sp³-hybridized carbons (Fsp3) is 0.172.